The second kappa shape index (κ2) is 8.22. The highest BCUT2D eigenvalue weighted by molar-refractivity contribution is 8.01. The molecule has 0 bridgehead atoms. The maximum Gasteiger partial charge on any atom is 0.266 e. The smallest absolute Gasteiger partial charge is 0.266 e. The molecular weight excluding hydrogens is 442 g/mol. The minimum absolute atomic E-state index is 0.102. The van der Waals surface area contributed by atoms with Crippen molar-refractivity contribution in [3.05, 3.63) is 83.4 Å². The molecule has 1 aliphatic rings. The number of thiazole rings is 1. The van der Waals surface area contributed by atoms with E-state index in [-0.39, 0.29) is 23.5 Å². The van der Waals surface area contributed by atoms with Crippen molar-refractivity contribution in [2.45, 2.75) is 11.3 Å². The summed E-state index contributed by atoms with van der Waals surface area (Å²) in [4.78, 5) is 43.6. The molecule has 0 saturated carbocycles. The van der Waals surface area contributed by atoms with Gasteiger partial charge in [-0.05, 0) is 48.9 Å². The fourth-order valence-electron chi connectivity index (χ4n) is 3.54. The van der Waals surface area contributed by atoms with Crippen LogP contribution in [0.5, 0.6) is 0 Å². The molecular formula is C24H17N3O3S2. The predicted molar refractivity (Wildman–Crippen MR) is 128 cm³/mol. The number of imide groups is 1. The van der Waals surface area contributed by atoms with Crippen LogP contribution in [0, 0.1) is 6.92 Å². The Kier molecular flexibility index (Phi) is 5.24. The number of carbonyl (C=O) groups is 3. The van der Waals surface area contributed by atoms with E-state index >= 15 is 0 Å². The van der Waals surface area contributed by atoms with Gasteiger partial charge in [-0.3, -0.25) is 14.4 Å². The zero-order chi connectivity index (χ0) is 22.2. The lowest BCUT2D eigenvalue weighted by Gasteiger charge is -2.13. The third-order valence-corrected chi connectivity index (χ3v) is 7.31. The van der Waals surface area contributed by atoms with Gasteiger partial charge in [0.2, 0.25) is 5.91 Å². The third kappa shape index (κ3) is 3.68. The average Bonchev–Trinajstić information content (AvgIpc) is 3.32. The van der Waals surface area contributed by atoms with Gasteiger partial charge in [-0.15, -0.1) is 11.3 Å². The van der Waals surface area contributed by atoms with Crippen LogP contribution >= 0.6 is 23.1 Å². The first kappa shape index (κ1) is 20.4. The Bertz CT molecular complexity index is 1360. The number of nitrogens with one attached hydrogen (secondary N) is 1. The van der Waals surface area contributed by atoms with Crippen LogP contribution < -0.4 is 10.2 Å². The maximum absolute atomic E-state index is 12.7. The molecule has 0 spiro atoms. The van der Waals surface area contributed by atoms with E-state index in [9.17, 15) is 14.4 Å². The van der Waals surface area contributed by atoms with E-state index in [1.54, 1.807) is 42.5 Å². The Morgan fingerprint density at radius 2 is 1.69 bits per heavy atom. The quantitative estimate of drug-likeness (QED) is 0.330. The van der Waals surface area contributed by atoms with Crippen molar-refractivity contribution >= 4 is 62.4 Å². The van der Waals surface area contributed by atoms with Crippen LogP contribution in [-0.2, 0) is 4.79 Å². The molecule has 2 heterocycles. The van der Waals surface area contributed by atoms with Crippen LogP contribution in [0.2, 0.25) is 0 Å². The molecule has 0 atom stereocenters. The number of hydrogen-bond donors (Lipinski definition) is 1. The van der Waals surface area contributed by atoms with E-state index in [0.717, 1.165) is 25.8 Å². The van der Waals surface area contributed by atoms with Crippen LogP contribution in [-0.4, -0.2) is 28.5 Å². The lowest BCUT2D eigenvalue weighted by atomic mass is 10.1. The standard InChI is InChI=1S/C24H17N3O3S2/c1-14-6-2-5-9-18(14)25-21(28)13-31-24-26-19-11-10-15(12-20(19)32-24)27-22(29)16-7-3-4-8-17(16)23(27)30/h2-12H,13H2,1H3,(H,25,28). The Balaban J connectivity index is 1.32. The average molecular weight is 460 g/mol. The summed E-state index contributed by atoms with van der Waals surface area (Å²) in [6, 6.07) is 19.8. The van der Waals surface area contributed by atoms with Crippen LogP contribution in [0.15, 0.2) is 71.1 Å². The predicted octanol–water partition coefficient (Wildman–Crippen LogP) is 5.14. The highest BCUT2D eigenvalue weighted by Crippen LogP contribution is 2.35. The SMILES string of the molecule is Cc1ccccc1NC(=O)CSc1nc2ccc(N3C(=O)c4ccccc4C3=O)cc2s1. The molecule has 1 aromatic heterocycles. The van der Waals surface area contributed by atoms with Gasteiger partial charge in [0.15, 0.2) is 4.34 Å². The van der Waals surface area contributed by atoms with Crippen molar-refractivity contribution in [2.75, 3.05) is 16.0 Å². The molecule has 3 amide bonds. The number of carbonyl (C=O) groups excluding carboxylic acids is 3. The number of nitrogens with zero attached hydrogens (tertiary/aromatic N) is 2. The second-order valence-electron chi connectivity index (χ2n) is 7.27. The first-order chi connectivity index (χ1) is 15.5. The van der Waals surface area contributed by atoms with Gasteiger partial charge >= 0.3 is 0 Å². The summed E-state index contributed by atoms with van der Waals surface area (Å²) in [7, 11) is 0. The molecule has 6 nitrogen and oxygen atoms in total. The summed E-state index contributed by atoms with van der Waals surface area (Å²) < 4.78 is 1.60. The first-order valence-electron chi connectivity index (χ1n) is 9.88. The number of amides is 3. The maximum atomic E-state index is 12.7. The molecule has 0 radical (unpaired) electrons. The first-order valence-corrected chi connectivity index (χ1v) is 11.7. The van der Waals surface area contributed by atoms with E-state index in [0.29, 0.717) is 16.8 Å². The number of fused-ring (bicyclic) bond motifs is 2. The Labute approximate surface area is 192 Å². The van der Waals surface area contributed by atoms with Crippen molar-refractivity contribution in [3.63, 3.8) is 0 Å². The highest BCUT2D eigenvalue weighted by Gasteiger charge is 2.36. The minimum atomic E-state index is -0.322. The lowest BCUT2D eigenvalue weighted by molar-refractivity contribution is -0.113. The fraction of sp³-hybridized carbons (Fsp3) is 0.0833. The zero-order valence-electron chi connectivity index (χ0n) is 17.0. The number of anilines is 2. The number of aromatic nitrogens is 1. The van der Waals surface area contributed by atoms with E-state index in [4.69, 9.17) is 0 Å². The van der Waals surface area contributed by atoms with Gasteiger partial charge in [0, 0.05) is 5.69 Å². The number of para-hydroxylation sites is 1. The largest absolute Gasteiger partial charge is 0.325 e. The van der Waals surface area contributed by atoms with Crippen molar-refractivity contribution in [3.8, 4) is 0 Å². The van der Waals surface area contributed by atoms with E-state index in [2.05, 4.69) is 10.3 Å². The molecule has 0 saturated heterocycles. The summed E-state index contributed by atoms with van der Waals surface area (Å²) >= 11 is 2.79. The second-order valence-corrected chi connectivity index (χ2v) is 9.53. The summed E-state index contributed by atoms with van der Waals surface area (Å²) in [6.45, 7) is 1.95. The van der Waals surface area contributed by atoms with Crippen LogP contribution in [0.4, 0.5) is 11.4 Å². The molecule has 158 valence electrons. The monoisotopic (exact) mass is 459 g/mol. The number of aryl methyl sites for hydroxylation is 1. The Morgan fingerprint density at radius 3 is 2.41 bits per heavy atom. The molecule has 1 aliphatic heterocycles. The van der Waals surface area contributed by atoms with Gasteiger partial charge in [-0.25, -0.2) is 9.88 Å². The third-order valence-electron chi connectivity index (χ3n) is 5.15. The summed E-state index contributed by atoms with van der Waals surface area (Å²) in [6.07, 6.45) is 0. The van der Waals surface area contributed by atoms with Gasteiger partial charge in [0.1, 0.15) is 0 Å². The number of benzene rings is 3. The van der Waals surface area contributed by atoms with Crippen LogP contribution in [0.3, 0.4) is 0 Å². The van der Waals surface area contributed by atoms with Crippen molar-refractivity contribution < 1.29 is 14.4 Å². The molecule has 5 rings (SSSR count). The van der Waals surface area contributed by atoms with Gasteiger partial charge in [0.25, 0.3) is 11.8 Å². The number of thioether (sulfide) groups is 1. The number of rotatable bonds is 5. The van der Waals surface area contributed by atoms with Gasteiger partial charge < -0.3 is 5.32 Å². The van der Waals surface area contributed by atoms with E-state index < -0.39 is 0 Å². The lowest BCUT2D eigenvalue weighted by Crippen LogP contribution is -2.29. The van der Waals surface area contributed by atoms with Crippen molar-refractivity contribution in [1.29, 1.82) is 0 Å². The van der Waals surface area contributed by atoms with E-state index in [1.165, 1.54) is 28.0 Å². The van der Waals surface area contributed by atoms with Gasteiger partial charge in [-0.1, -0.05) is 42.1 Å². The summed E-state index contributed by atoms with van der Waals surface area (Å²) in [5.41, 5.74) is 3.91. The molecule has 4 aromatic rings. The number of hydrogen-bond acceptors (Lipinski definition) is 6. The zero-order valence-corrected chi connectivity index (χ0v) is 18.6. The topological polar surface area (TPSA) is 79.4 Å². The normalized spacial score (nSPS) is 13.0. The molecule has 1 N–H and O–H groups in total. The van der Waals surface area contributed by atoms with Crippen molar-refractivity contribution in [1.82, 2.24) is 4.98 Å². The minimum Gasteiger partial charge on any atom is -0.325 e. The molecule has 0 aliphatic carbocycles. The molecule has 0 fully saturated rings. The fourth-order valence-corrected chi connectivity index (χ4v) is 5.44. The van der Waals surface area contributed by atoms with Gasteiger partial charge in [-0.2, -0.15) is 0 Å². The molecule has 3 aromatic carbocycles. The summed E-state index contributed by atoms with van der Waals surface area (Å²) in [5, 5.41) is 2.91. The molecule has 32 heavy (non-hydrogen) atoms. The Hall–Kier alpha value is -3.49. The summed E-state index contributed by atoms with van der Waals surface area (Å²) in [5.74, 6) is -0.511. The van der Waals surface area contributed by atoms with E-state index in [1.807, 2.05) is 31.2 Å². The van der Waals surface area contributed by atoms with Crippen molar-refractivity contribution in [2.24, 2.45) is 0 Å². The highest BCUT2D eigenvalue weighted by atomic mass is 32.2. The molecule has 0 unspecified atom stereocenters. The Morgan fingerprint density at radius 1 is 1.00 bits per heavy atom. The molecule has 8 heteroatoms. The van der Waals surface area contributed by atoms with Crippen LogP contribution in [0.1, 0.15) is 26.3 Å². The van der Waals surface area contributed by atoms with Gasteiger partial charge in [0.05, 0.1) is 32.8 Å². The van der Waals surface area contributed by atoms with Crippen LogP contribution in [0.25, 0.3) is 10.2 Å².